The normalized spacial score (nSPS) is 18.4. The minimum Gasteiger partial charge on any atom is -0.493 e. The van der Waals surface area contributed by atoms with E-state index in [2.05, 4.69) is 9.46 Å². The van der Waals surface area contributed by atoms with Crippen molar-refractivity contribution < 1.29 is 18.2 Å². The van der Waals surface area contributed by atoms with Crippen LogP contribution in [-0.4, -0.2) is 45.7 Å². The summed E-state index contributed by atoms with van der Waals surface area (Å²) in [6.07, 6.45) is 1.83. The Balaban J connectivity index is 1.81. The molecule has 3 rings (SSSR count). The van der Waals surface area contributed by atoms with E-state index in [1.165, 1.54) is 0 Å². The quantitative estimate of drug-likeness (QED) is 0.829. The molecule has 1 aromatic heterocycles. The molecule has 0 saturated carbocycles. The second kappa shape index (κ2) is 6.96. The topological polar surface area (TPSA) is 64.8 Å². The van der Waals surface area contributed by atoms with E-state index in [4.69, 9.17) is 14.0 Å². The zero-order valence-electron chi connectivity index (χ0n) is 15.5. The number of methoxy groups -OCH3 is 2. The fraction of sp³-hybridized carbons (Fsp3) is 0.611. The first-order valence-corrected chi connectivity index (χ1v) is 9.64. The van der Waals surface area contributed by atoms with E-state index in [0.29, 0.717) is 23.0 Å². The van der Waals surface area contributed by atoms with Gasteiger partial charge in [-0.1, -0.05) is 5.16 Å². The molecule has 0 spiro atoms. The maximum atomic E-state index is 12.6. The molecule has 138 valence electrons. The molecule has 1 unspecified atom stereocenters. The van der Waals surface area contributed by atoms with Crippen LogP contribution in [0.2, 0.25) is 0 Å². The Kier molecular flexibility index (Phi) is 5.06. The van der Waals surface area contributed by atoms with Crippen molar-refractivity contribution in [2.75, 3.05) is 27.3 Å². The Morgan fingerprint density at radius 2 is 1.76 bits per heavy atom. The highest BCUT2D eigenvalue weighted by atomic mass is 32.2. The van der Waals surface area contributed by atoms with Crippen LogP contribution in [0.3, 0.4) is 0 Å². The number of hydrogen-bond donors (Lipinski definition) is 0. The van der Waals surface area contributed by atoms with Gasteiger partial charge in [-0.3, -0.25) is 0 Å². The van der Waals surface area contributed by atoms with Crippen LogP contribution >= 0.6 is 0 Å². The van der Waals surface area contributed by atoms with Gasteiger partial charge in [0.15, 0.2) is 17.1 Å². The summed E-state index contributed by atoms with van der Waals surface area (Å²) in [6.45, 7) is 7.65. The summed E-state index contributed by atoms with van der Waals surface area (Å²) in [6, 6.07) is 3.74. The van der Waals surface area contributed by atoms with Crippen LogP contribution in [0.5, 0.6) is 11.5 Å². The van der Waals surface area contributed by atoms with E-state index in [1.54, 1.807) is 14.2 Å². The number of piperidine rings is 1. The van der Waals surface area contributed by atoms with E-state index >= 15 is 0 Å². The SMILES string of the molecule is COc1cc2onc(C3CCN(S(=O)C(C)(C)C)CC3)c2cc1OC. The van der Waals surface area contributed by atoms with Gasteiger partial charge in [0.05, 0.1) is 35.6 Å². The summed E-state index contributed by atoms with van der Waals surface area (Å²) in [5, 5.41) is 5.27. The van der Waals surface area contributed by atoms with E-state index in [1.807, 2.05) is 32.9 Å². The molecule has 25 heavy (non-hydrogen) atoms. The van der Waals surface area contributed by atoms with Gasteiger partial charge in [-0.05, 0) is 39.7 Å². The second-order valence-corrected chi connectivity index (χ2v) is 9.58. The third-order valence-corrected chi connectivity index (χ3v) is 6.48. The molecule has 1 aliphatic heterocycles. The van der Waals surface area contributed by atoms with Crippen LogP contribution in [0.4, 0.5) is 0 Å². The lowest BCUT2D eigenvalue weighted by molar-refractivity contribution is 0.318. The van der Waals surface area contributed by atoms with E-state index < -0.39 is 11.0 Å². The van der Waals surface area contributed by atoms with Crippen molar-refractivity contribution in [3.63, 3.8) is 0 Å². The van der Waals surface area contributed by atoms with Crippen LogP contribution in [0.1, 0.15) is 45.2 Å². The van der Waals surface area contributed by atoms with Crippen LogP contribution in [-0.2, 0) is 11.0 Å². The van der Waals surface area contributed by atoms with Crippen LogP contribution < -0.4 is 9.47 Å². The molecule has 0 radical (unpaired) electrons. The molecular formula is C18H26N2O4S. The predicted molar refractivity (Wildman–Crippen MR) is 98.6 cm³/mol. The number of fused-ring (bicyclic) bond motifs is 1. The lowest BCUT2D eigenvalue weighted by atomic mass is 9.92. The maximum absolute atomic E-state index is 12.6. The van der Waals surface area contributed by atoms with Crippen molar-refractivity contribution >= 4 is 22.0 Å². The number of aromatic nitrogens is 1. The molecule has 2 aromatic rings. The largest absolute Gasteiger partial charge is 0.493 e. The van der Waals surface area contributed by atoms with Gasteiger partial charge in [0, 0.05) is 30.5 Å². The number of ether oxygens (including phenoxy) is 2. The number of benzene rings is 1. The third-order valence-electron chi connectivity index (χ3n) is 4.60. The predicted octanol–water partition coefficient (Wildman–Crippen LogP) is 3.49. The zero-order valence-corrected chi connectivity index (χ0v) is 16.3. The summed E-state index contributed by atoms with van der Waals surface area (Å²) >= 11 is 0. The van der Waals surface area contributed by atoms with Crippen molar-refractivity contribution in [3.8, 4) is 11.5 Å². The monoisotopic (exact) mass is 366 g/mol. The Bertz CT molecular complexity index is 773. The Morgan fingerprint density at radius 3 is 2.32 bits per heavy atom. The highest BCUT2D eigenvalue weighted by Crippen LogP contribution is 2.38. The molecule has 0 N–H and O–H groups in total. The van der Waals surface area contributed by atoms with Crippen LogP contribution in [0, 0.1) is 0 Å². The van der Waals surface area contributed by atoms with Crippen molar-refractivity contribution in [2.45, 2.75) is 44.3 Å². The standard InChI is InChI=1S/C18H26N2O4S/c1-18(2,3)25(21)20-8-6-12(7-9-20)17-13-10-15(22-4)16(23-5)11-14(13)24-19-17/h10-12H,6-9H2,1-5H3. The number of hydrogen-bond acceptors (Lipinski definition) is 5. The van der Waals surface area contributed by atoms with Gasteiger partial charge in [0.2, 0.25) is 0 Å². The van der Waals surface area contributed by atoms with Crippen molar-refractivity contribution in [2.24, 2.45) is 0 Å². The van der Waals surface area contributed by atoms with Crippen LogP contribution in [0.25, 0.3) is 11.0 Å². The molecule has 1 saturated heterocycles. The first-order chi connectivity index (χ1) is 11.8. The minimum absolute atomic E-state index is 0.225. The highest BCUT2D eigenvalue weighted by molar-refractivity contribution is 7.84. The van der Waals surface area contributed by atoms with Gasteiger partial charge in [0.1, 0.15) is 0 Å². The summed E-state index contributed by atoms with van der Waals surface area (Å²) in [7, 11) is 2.26. The maximum Gasteiger partial charge on any atom is 0.171 e. The fourth-order valence-corrected chi connectivity index (χ4v) is 4.58. The molecule has 1 aliphatic rings. The van der Waals surface area contributed by atoms with E-state index in [0.717, 1.165) is 37.0 Å². The van der Waals surface area contributed by atoms with Gasteiger partial charge >= 0.3 is 0 Å². The average Bonchev–Trinajstić information content (AvgIpc) is 3.01. The number of nitrogens with zero attached hydrogens (tertiary/aromatic N) is 2. The van der Waals surface area contributed by atoms with Crippen molar-refractivity contribution in [1.29, 1.82) is 0 Å². The molecule has 1 atom stereocenters. The van der Waals surface area contributed by atoms with E-state index in [-0.39, 0.29) is 4.75 Å². The molecule has 2 heterocycles. The third kappa shape index (κ3) is 3.53. The Hall–Kier alpha value is -1.60. The lowest BCUT2D eigenvalue weighted by Crippen LogP contribution is -2.41. The van der Waals surface area contributed by atoms with Gasteiger partial charge in [0.25, 0.3) is 0 Å². The van der Waals surface area contributed by atoms with Gasteiger partial charge in [-0.25, -0.2) is 8.51 Å². The minimum atomic E-state index is -0.969. The Morgan fingerprint density at radius 1 is 1.16 bits per heavy atom. The molecule has 7 heteroatoms. The first kappa shape index (κ1) is 18.2. The van der Waals surface area contributed by atoms with Gasteiger partial charge in [-0.15, -0.1) is 0 Å². The van der Waals surface area contributed by atoms with Gasteiger partial charge in [-0.2, -0.15) is 0 Å². The first-order valence-electron chi connectivity index (χ1n) is 8.53. The smallest absolute Gasteiger partial charge is 0.171 e. The summed E-state index contributed by atoms with van der Waals surface area (Å²) in [5.74, 6) is 1.60. The average molecular weight is 366 g/mol. The van der Waals surface area contributed by atoms with Crippen molar-refractivity contribution in [1.82, 2.24) is 9.46 Å². The summed E-state index contributed by atoms with van der Waals surface area (Å²) in [5.41, 5.74) is 1.66. The molecule has 0 bridgehead atoms. The van der Waals surface area contributed by atoms with E-state index in [9.17, 15) is 4.21 Å². The summed E-state index contributed by atoms with van der Waals surface area (Å²) in [4.78, 5) is 0. The molecule has 1 aromatic carbocycles. The molecule has 1 fully saturated rings. The van der Waals surface area contributed by atoms with Crippen LogP contribution in [0.15, 0.2) is 16.7 Å². The highest BCUT2D eigenvalue weighted by Gasteiger charge is 2.32. The molecule has 0 aliphatic carbocycles. The second-order valence-electron chi connectivity index (χ2n) is 7.34. The lowest BCUT2D eigenvalue weighted by Gasteiger charge is -2.34. The summed E-state index contributed by atoms with van der Waals surface area (Å²) < 4.78 is 30.6. The molecule has 0 amide bonds. The molecule has 6 nitrogen and oxygen atoms in total. The van der Waals surface area contributed by atoms with Gasteiger partial charge < -0.3 is 14.0 Å². The Labute approximate surface area is 151 Å². The molecular weight excluding hydrogens is 340 g/mol. The zero-order chi connectivity index (χ0) is 18.2. The fourth-order valence-electron chi connectivity index (χ4n) is 3.26. The van der Waals surface area contributed by atoms with Crippen molar-refractivity contribution in [3.05, 3.63) is 17.8 Å². The number of rotatable bonds is 4.